The predicted octanol–water partition coefficient (Wildman–Crippen LogP) is 30.0. The van der Waals surface area contributed by atoms with Crippen molar-refractivity contribution in [3.8, 4) is 0 Å². The Morgan fingerprint density at radius 1 is 0.157 bits per heavy atom. The first kappa shape index (κ1) is 109. The van der Waals surface area contributed by atoms with Gasteiger partial charge in [-0.25, -0.2) is 61.2 Å². The van der Waals surface area contributed by atoms with Crippen molar-refractivity contribution in [1.82, 2.24) is 116 Å². The second-order valence-electron chi connectivity index (χ2n) is 18.6. The Kier molecular flexibility index (Phi) is 49.1. The van der Waals surface area contributed by atoms with Gasteiger partial charge in [0.2, 0.25) is 0 Å². The van der Waals surface area contributed by atoms with Crippen molar-refractivity contribution in [2.75, 3.05) is 10.7 Å². The number of aromatic nitrogens is 24. The van der Waals surface area contributed by atoms with Crippen LogP contribution in [0.25, 0.3) is 0 Å². The first-order chi connectivity index (χ1) is 49.4. The Balaban J connectivity index is 0.000000250. The minimum atomic E-state index is -1.64. The van der Waals surface area contributed by atoms with Crippen LogP contribution >= 0.6 is 620 Å². The van der Waals surface area contributed by atoms with Crippen molar-refractivity contribution in [3.05, 3.63) is 164 Å². The van der Waals surface area contributed by atoms with Crippen LogP contribution in [0, 0.1) is 0 Å². The van der Waals surface area contributed by atoms with Gasteiger partial charge < -0.3 is 55.1 Å². The Morgan fingerprint density at radius 2 is 0.213 bits per heavy atom. The molecule has 0 saturated carbocycles. The van der Waals surface area contributed by atoms with Crippen LogP contribution in [0.1, 0.15) is 0 Å². The Labute approximate surface area is 953 Å². The smallest absolute Gasteiger partial charge is 0.389 e. The molecular weight excluding hydrogens is 3980 g/mol. The van der Waals surface area contributed by atoms with Gasteiger partial charge in [-0.2, -0.15) is 0 Å². The summed E-state index contributed by atoms with van der Waals surface area (Å²) in [5.74, 6) is 0. The summed E-state index contributed by atoms with van der Waals surface area (Å²) in [6.07, 6.45) is 0. The zero-order chi connectivity index (χ0) is 79.9. The molecule has 0 saturated heterocycles. The number of nitrogens with zero attached hydrogens (tertiary/aromatic N) is 24. The molecule has 24 nitrogen and oxygen atoms in total. The molecule has 0 amide bonds. The quantitative estimate of drug-likeness (QED) is 0.0825. The zero-order valence-corrected chi connectivity index (χ0v) is 111. The average molecular weight is 3990 g/mol. The molecule has 12 aromatic heterocycles. The fourth-order valence-corrected chi connectivity index (χ4v) is 25.5. The molecule has 108 heavy (non-hydrogen) atoms. The van der Waals surface area contributed by atoms with Crippen molar-refractivity contribution < 1.29 is 34.1 Å². The summed E-state index contributed by atoms with van der Waals surface area (Å²) in [7, 11) is -6.55. The van der Waals surface area contributed by atoms with Crippen LogP contribution in [-0.2, 0) is 34.1 Å². The van der Waals surface area contributed by atoms with Gasteiger partial charge in [0.15, 0.2) is 0 Å². The third kappa shape index (κ3) is 24.7. The zero-order valence-electron chi connectivity index (χ0n) is 48.7. The Morgan fingerprint density at radius 3 is 0.250 bits per heavy atom. The molecule has 0 aliphatic rings. The van der Waals surface area contributed by atoms with E-state index in [4.69, 9.17) is 46.4 Å². The topological polar surface area (TPSA) is 214 Å². The van der Waals surface area contributed by atoms with Gasteiger partial charge in [-0.1, -0.05) is 0 Å². The fourth-order valence-electron chi connectivity index (χ4n) is 8.48. The molecule has 2 radical (unpaired) electrons. The maximum atomic E-state index is 4.76. The molecule has 0 fully saturated rings. The van der Waals surface area contributed by atoms with Gasteiger partial charge in [-0.05, 0) is 573 Å². The predicted molar refractivity (Wildman–Crippen MR) is 550 cm³/mol. The molecule has 70 heteroatoms. The third-order valence-electron chi connectivity index (χ3n) is 12.8. The van der Waals surface area contributed by atoms with Gasteiger partial charge in [0.25, 0.3) is 0 Å². The Hall–Kier alpha value is 10.3. The van der Waals surface area contributed by atoms with E-state index < -0.39 is 28.5 Å². The summed E-state index contributed by atoms with van der Waals surface area (Å²) in [6, 6.07) is 0. The number of alkyl halides is 4. The van der Waals surface area contributed by atoms with Gasteiger partial charge in [0, 0.05) is 0 Å². The molecule has 0 unspecified atom stereocenters. The third-order valence-corrected chi connectivity index (χ3v) is 50.9. The minimum Gasteiger partial charge on any atom is -0.389 e. The van der Waals surface area contributed by atoms with Crippen molar-refractivity contribution in [2.45, 2.75) is 0 Å². The van der Waals surface area contributed by atoms with Crippen molar-refractivity contribution in [2.24, 2.45) is 0 Å². The van der Waals surface area contributed by atoms with E-state index in [1.54, 1.807) is 55.1 Å². The van der Waals surface area contributed by atoms with Crippen molar-refractivity contribution in [3.63, 3.8) is 0 Å². The number of hydrogen-bond acceptors (Lipinski definition) is 12. The van der Waals surface area contributed by atoms with Crippen LogP contribution in [0.5, 0.6) is 0 Å². The van der Waals surface area contributed by atoms with E-state index in [2.05, 4.69) is 635 Å². The van der Waals surface area contributed by atoms with Crippen LogP contribution in [0.15, 0.2) is 164 Å². The summed E-state index contributed by atoms with van der Waals surface area (Å²) in [5, 5.41) is 55.3. The summed E-state index contributed by atoms with van der Waals surface area (Å²) in [4.78, 5) is 0. The summed E-state index contributed by atoms with van der Waals surface area (Å²) in [6.45, 7) is 0. The van der Waals surface area contributed by atoms with Gasteiger partial charge in [0.05, 0.1) is 120 Å². The second kappa shape index (κ2) is 48.8. The molecule has 0 N–H and O–H groups in total. The first-order valence-electron chi connectivity index (χ1n) is 25.4. The number of hydrogen-bond donors (Lipinski definition) is 0. The van der Waals surface area contributed by atoms with Gasteiger partial charge in [-0.3, -0.25) is 0 Å². The second-order valence-corrected chi connectivity index (χ2v) is 47.8. The van der Waals surface area contributed by atoms with Crippen LogP contribution in [0.3, 0.4) is 0 Å². The van der Waals surface area contributed by atoms with E-state index in [-0.39, 0.29) is 44.8 Å². The van der Waals surface area contributed by atoms with E-state index in [0.29, 0.717) is 55.2 Å². The van der Waals surface area contributed by atoms with Crippen LogP contribution < -0.4 is 0 Å². The van der Waals surface area contributed by atoms with E-state index in [9.17, 15) is 0 Å². The van der Waals surface area contributed by atoms with E-state index >= 15 is 0 Å². The van der Waals surface area contributed by atoms with Gasteiger partial charge in [0.1, 0.15) is 55.2 Å². The largest absolute Gasteiger partial charge is 2.00 e. The summed E-state index contributed by atoms with van der Waals surface area (Å²) < 4.78 is 48.3. The standard InChI is InChI=1S/4C9HBBr9N6.2CH2Cl2.2Cu/c4*11-1-4(14)20-23(7(1)17)10(24-8(18)2(12)5(15)21-24)25-9(19)3(13)6(16)22-25;2*2-1-3;;/h4*10H;2*1H2;;/q4*-1;;;2*+2. The summed E-state index contributed by atoms with van der Waals surface area (Å²) in [5.41, 5.74) is 0. The number of rotatable bonds is 12. The van der Waals surface area contributed by atoms with Crippen molar-refractivity contribution >= 4 is 648 Å². The summed E-state index contributed by atoms with van der Waals surface area (Å²) >= 11 is 145. The normalized spacial score (nSPS) is 11.2. The van der Waals surface area contributed by atoms with Gasteiger partial charge >= 0.3 is 62.6 Å². The Bertz CT molecular complexity index is 4120. The molecule has 0 aliphatic heterocycles. The molecule has 0 atom stereocenters. The van der Waals surface area contributed by atoms with Crippen molar-refractivity contribution in [1.29, 1.82) is 0 Å². The van der Waals surface area contributed by atoms with Gasteiger partial charge in [-0.15, -0.1) is 46.4 Å². The van der Waals surface area contributed by atoms with E-state index in [1.807, 2.05) is 0 Å². The fraction of sp³-hybridized carbons (Fsp3) is 0.0526. The number of halogens is 40. The maximum absolute atomic E-state index is 4.76. The molecule has 12 heterocycles. The molecule has 0 aliphatic carbocycles. The molecule has 594 valence electrons. The van der Waals surface area contributed by atoms with Crippen LogP contribution in [0.2, 0.25) is 0 Å². The molecular formula is C38H8B4Br36Cl4Cu2N24. The van der Waals surface area contributed by atoms with E-state index in [0.717, 1.165) is 109 Å². The average Bonchev–Trinajstić information content (AvgIpc) is 1.62. The molecule has 12 rings (SSSR count). The molecule has 12 aromatic rings. The minimum absolute atomic E-state index is 0. The monoisotopic (exact) mass is 3950 g/mol. The maximum Gasteiger partial charge on any atom is 2.00 e. The van der Waals surface area contributed by atoms with E-state index in [1.165, 1.54) is 0 Å². The molecule has 0 spiro atoms. The first-order valence-corrected chi connectivity index (χ1v) is 56.1. The van der Waals surface area contributed by atoms with Crippen LogP contribution in [0.4, 0.5) is 0 Å². The SMILES string of the molecule is Brc1nn([BH-](n2nc(Br)c(Br)c2Br)n2nc(Br)c(Br)c2Br)c(Br)c1Br.Brc1nn([BH-](n2nc(Br)c(Br)c2Br)n2nc(Br)c(Br)c2Br)c(Br)c1Br.Brc1nn([BH-](n2nc(Br)c(Br)c2Br)n2nc(Br)c(Br)c2Br)c(Br)c1Br.Brc1nn([BH-](n2nc(Br)c(Br)c2Br)n2nc(Br)c(Br)c2Br)c(Br)c1Br.ClCCl.ClCCl.[Cu+2].[Cu+2]. The molecule has 0 aromatic carbocycles. The molecule has 0 bridgehead atoms. The van der Waals surface area contributed by atoms with Crippen LogP contribution in [-0.4, -0.2) is 155 Å².